The van der Waals surface area contributed by atoms with Crippen LogP contribution in [-0.2, 0) is 78.0 Å². The number of carbonyl (C=O) groups excluding carboxylic acids is 9. The van der Waals surface area contributed by atoms with Gasteiger partial charge in [0.2, 0.25) is 11.8 Å². The molecule has 28 nitrogen and oxygen atoms in total. The largest absolute Gasteiger partial charge is 0.509 e. The Kier molecular flexibility index (Phi) is 37.7. The van der Waals surface area contributed by atoms with Crippen molar-refractivity contribution in [2.75, 3.05) is 87.8 Å². The molecule has 6 aliphatic heterocycles. The van der Waals surface area contributed by atoms with Crippen molar-refractivity contribution < 1.29 is 101 Å². The minimum Gasteiger partial charge on any atom is -0.477 e. The molecule has 0 radical (unpaired) electrons. The van der Waals surface area contributed by atoms with E-state index in [-0.39, 0.29) is 101 Å². The summed E-state index contributed by atoms with van der Waals surface area (Å²) in [5.74, 6) is -5.72. The molecule has 2 unspecified atom stereocenters. The Balaban J connectivity index is 0.000000248. The minimum atomic E-state index is -1.24. The average Bonchev–Trinajstić information content (AvgIpc) is 1.10. The lowest BCUT2D eigenvalue weighted by atomic mass is 9.92. The highest BCUT2D eigenvalue weighted by Gasteiger charge is 2.55. The molecule has 0 bridgehead atoms. The van der Waals surface area contributed by atoms with Gasteiger partial charge in [0, 0.05) is 54.9 Å². The number of thioether (sulfide) groups is 2. The van der Waals surface area contributed by atoms with Crippen LogP contribution in [0.2, 0.25) is 0 Å². The van der Waals surface area contributed by atoms with Gasteiger partial charge < -0.3 is 58.3 Å². The Morgan fingerprint density at radius 1 is 0.635 bits per heavy atom. The monoisotopic (exact) mass is 1520 g/mol. The Morgan fingerprint density at radius 3 is 1.65 bits per heavy atom. The number of likely N-dealkylation sites (N-methyl/N-ethyl adjacent to an activating group) is 1. The van der Waals surface area contributed by atoms with Gasteiger partial charge in [0.15, 0.2) is 36.4 Å². The molecule has 4 saturated heterocycles. The normalized spacial score (nSPS) is 19.7. The van der Waals surface area contributed by atoms with Crippen molar-refractivity contribution in [2.45, 2.75) is 67.9 Å². The molecule has 526 valence electrons. The number of rotatable bonds is 22. The smallest absolute Gasteiger partial charge is 0.477 e. The topological polar surface area (TPSA) is 345 Å². The molecule has 6 atom stereocenters. The van der Waals surface area contributed by atoms with Gasteiger partial charge in [-0.05, 0) is 81.2 Å². The molecule has 3 amide bonds. The number of alkyl halides is 6. The number of amides is 3. The zero-order valence-electron chi connectivity index (χ0n) is 51.2. The molecule has 6 aliphatic rings. The Morgan fingerprint density at radius 2 is 1.15 bits per heavy atom. The summed E-state index contributed by atoms with van der Waals surface area (Å²) < 4.78 is 38.2. The third kappa shape index (κ3) is 26.3. The van der Waals surface area contributed by atoms with Crippen molar-refractivity contribution in [3.05, 3.63) is 125 Å². The van der Waals surface area contributed by atoms with Gasteiger partial charge >= 0.3 is 48.3 Å². The summed E-state index contributed by atoms with van der Waals surface area (Å²) in [6.45, 7) is 7.10. The summed E-state index contributed by atoms with van der Waals surface area (Å²) in [7, 11) is 2.02. The number of likely N-dealkylation sites (tertiary alicyclic amines) is 2. The predicted octanol–water partition coefficient (Wildman–Crippen LogP) is 9.00. The van der Waals surface area contributed by atoms with Gasteiger partial charge in [-0.2, -0.15) is 0 Å². The number of hydrogen-bond donors (Lipinski definition) is 3. The molecule has 37 heteroatoms. The number of hydrogen-bond acceptors (Lipinski definition) is 24. The van der Waals surface area contributed by atoms with Crippen molar-refractivity contribution in [1.29, 1.82) is 0 Å². The number of aliphatic carboxylic acids is 2. The maximum atomic E-state index is 12.1. The van der Waals surface area contributed by atoms with E-state index in [1.165, 1.54) is 50.8 Å². The molecule has 9 rings (SSSR count). The second-order valence-electron chi connectivity index (χ2n) is 20.0. The number of benzene rings is 1. The van der Waals surface area contributed by atoms with E-state index in [0.717, 1.165) is 50.2 Å². The lowest BCUT2D eigenvalue weighted by Crippen LogP contribution is -2.61. The van der Waals surface area contributed by atoms with Crippen LogP contribution in [0.4, 0.5) is 14.4 Å². The van der Waals surface area contributed by atoms with Crippen molar-refractivity contribution in [3.8, 4) is 0 Å². The van der Waals surface area contributed by atoms with Crippen LogP contribution in [-0.4, -0.2) is 216 Å². The first-order chi connectivity index (χ1) is 46.1. The molecule has 3 N–H and O–H groups in total. The maximum Gasteiger partial charge on any atom is 0.509 e. The second-order valence-corrected chi connectivity index (χ2v) is 23.9. The Labute approximate surface area is 594 Å². The summed E-state index contributed by atoms with van der Waals surface area (Å²) in [6.07, 6.45) is 9.96. The number of nitrogens with zero attached hydrogens (tertiary/aromatic N) is 6. The fourth-order valence-corrected chi connectivity index (χ4v) is 13.2. The first-order valence-electron chi connectivity index (χ1n) is 28.6. The van der Waals surface area contributed by atoms with Crippen LogP contribution >= 0.6 is 105 Å². The van der Waals surface area contributed by atoms with Gasteiger partial charge in [0.1, 0.15) is 31.2 Å². The van der Waals surface area contributed by atoms with Crippen LogP contribution < -0.4 is 5.32 Å². The van der Waals surface area contributed by atoms with E-state index in [1.54, 1.807) is 42.9 Å². The van der Waals surface area contributed by atoms with Crippen LogP contribution in [0.25, 0.3) is 0 Å². The van der Waals surface area contributed by atoms with Crippen LogP contribution in [0.15, 0.2) is 114 Å². The number of carbonyl (C=O) groups is 11. The summed E-state index contributed by atoms with van der Waals surface area (Å²) in [5, 5.41) is 20.0. The molecule has 2 aromatic heterocycles. The third-order valence-electron chi connectivity index (χ3n) is 14.1. The summed E-state index contributed by atoms with van der Waals surface area (Å²) in [4.78, 5) is 134. The van der Waals surface area contributed by atoms with Crippen molar-refractivity contribution in [2.24, 2.45) is 11.8 Å². The molecular formula is C59H68Cl7N7O21S2. The number of esters is 3. The van der Waals surface area contributed by atoms with Crippen LogP contribution in [0, 0.1) is 11.8 Å². The molecular weight excluding hydrogens is 1450 g/mol. The molecule has 96 heavy (non-hydrogen) atoms. The number of nitrogens with one attached hydrogen (secondary N) is 1. The number of pyridine rings is 1. The van der Waals surface area contributed by atoms with Gasteiger partial charge in [0.25, 0.3) is 5.91 Å². The van der Waals surface area contributed by atoms with E-state index >= 15 is 0 Å². The fourth-order valence-electron chi connectivity index (χ4n) is 9.49. The number of β-lactam (4-membered cyclic amide) rings is 2. The predicted molar refractivity (Wildman–Crippen MR) is 354 cm³/mol. The van der Waals surface area contributed by atoms with Gasteiger partial charge in [-0.3, -0.25) is 53.0 Å². The quantitative estimate of drug-likeness (QED) is 0.0365. The first kappa shape index (κ1) is 81.7. The number of aromatic nitrogens is 2. The van der Waals surface area contributed by atoms with Gasteiger partial charge in [-0.25, -0.2) is 24.0 Å². The number of carboxylic acids is 2. The van der Waals surface area contributed by atoms with E-state index in [4.69, 9.17) is 95.8 Å². The Bertz CT molecular complexity index is 3170. The van der Waals surface area contributed by atoms with Gasteiger partial charge in [-0.1, -0.05) is 124 Å². The zero-order valence-corrected chi connectivity index (χ0v) is 58.1. The molecule has 0 aliphatic carbocycles. The minimum absolute atomic E-state index is 0.0456. The number of ether oxygens (including phenoxy) is 8. The molecule has 4 fully saturated rings. The number of allylic oxidation sites excluding steroid dienone is 1. The lowest BCUT2D eigenvalue weighted by molar-refractivity contribution is -0.158. The highest BCUT2D eigenvalue weighted by molar-refractivity contribution is 8.00. The highest BCUT2D eigenvalue weighted by atomic mass is 35.5. The Hall–Kier alpha value is -6.71. The van der Waals surface area contributed by atoms with E-state index in [9.17, 15) is 57.8 Å². The summed E-state index contributed by atoms with van der Waals surface area (Å²) in [6, 6.07) is 16.4. The van der Waals surface area contributed by atoms with E-state index in [2.05, 4.69) is 67.2 Å². The van der Waals surface area contributed by atoms with Gasteiger partial charge in [0.05, 0.1) is 46.0 Å². The van der Waals surface area contributed by atoms with Crippen LogP contribution in [0.1, 0.15) is 54.4 Å². The molecule has 8 heterocycles. The van der Waals surface area contributed by atoms with Gasteiger partial charge in [-0.15, -0.1) is 23.5 Å². The fraction of sp³-hybridized carbons (Fsp3) is 0.458. The first-order valence-corrected chi connectivity index (χ1v) is 34.3. The number of fused-ring (bicyclic) bond motifs is 2. The van der Waals surface area contributed by atoms with E-state index in [0.29, 0.717) is 41.9 Å². The molecule has 1 aromatic carbocycles. The molecule has 0 saturated carbocycles. The van der Waals surface area contributed by atoms with Crippen LogP contribution in [0.5, 0.6) is 0 Å². The van der Waals surface area contributed by atoms with Crippen molar-refractivity contribution >= 4 is 171 Å². The SMILES string of the molecule is C=CC1=C(C(=O)O)N2C(=O)C(CC(=O)OCCl)[C@@H]2SC1.CN1CCC[C@@H]1COC(=O)OCCl.O=C(CC1C(=O)N2C(C(=O)O)=C(Cl)CS[C@@H]12)OCCl.O=C(CNC(=O)c1cccnc1)OCCl.O=C(OCCl)OC[C@@H]1CCCN1Cc1ccccc1.O=C(OCCl)n1cccc1. The lowest BCUT2D eigenvalue weighted by Gasteiger charge is -2.49. The van der Waals surface area contributed by atoms with Crippen molar-refractivity contribution in [1.82, 2.24) is 34.5 Å². The molecule has 0 spiro atoms. The summed E-state index contributed by atoms with van der Waals surface area (Å²) >= 11 is 39.9. The van der Waals surface area contributed by atoms with Crippen LogP contribution in [0.3, 0.4) is 0 Å². The maximum absolute atomic E-state index is 12.1. The summed E-state index contributed by atoms with van der Waals surface area (Å²) in [5.41, 5.74) is 1.93. The van der Waals surface area contributed by atoms with Crippen molar-refractivity contribution in [3.63, 3.8) is 0 Å². The highest BCUT2D eigenvalue weighted by Crippen LogP contribution is 2.47. The number of carboxylic acid groups (broad SMARTS) is 2. The van der Waals surface area contributed by atoms with E-state index < -0.39 is 66.0 Å². The van der Waals surface area contributed by atoms with E-state index in [1.807, 2.05) is 25.2 Å². The zero-order chi connectivity index (χ0) is 70.7. The average molecular weight is 1520 g/mol. The second kappa shape index (κ2) is 44.3. The number of halogens is 7. The standard InChI is InChI=1S/C14H18ClNO3.C12H12ClNO5S.C10H9Cl2NO5S.C9H9ClN2O3.C8H14ClNO3.C6H6ClNO2/c15-11-19-14(17)18-10-13-7-4-8-16(13)9-12-5-2-1-3-6-12;1-2-6-4-20-11-7(3-8(15)19-5-13)10(16)14(11)9(6)12(17)18;11-3-18-6(14)1-4-8(15)13-7(10(16)17)5(12)2-19-9(4)13;10-6-15-8(13)5-12-9(14)7-2-1-3-11-4-7;1-10-4-2-3-7(10)5-12-8(11)13-6-9;7-5-10-6(9)8-3-1-2-4-8/h1-3,5-6,13H,4,7-11H2;2,7,11H,1,3-5H2,(H,17,18);4,9H,1-3H2,(H,16,17);1-4H,5-6H2,(H,12,14);7H,2-6H2,1H3;1-4H,5H2/t13-;7?,11-;4?,9-;;7-;/m000.1./s1. The molecule has 3 aromatic rings. The third-order valence-corrected chi connectivity index (χ3v) is 17.9.